The first kappa shape index (κ1) is 17.6. The first-order chi connectivity index (χ1) is 11.9. The predicted octanol–water partition coefficient (Wildman–Crippen LogP) is 4.11. The third-order valence-corrected chi connectivity index (χ3v) is 4.12. The van der Waals surface area contributed by atoms with Crippen molar-refractivity contribution in [2.24, 2.45) is 5.92 Å². The monoisotopic (exact) mass is 358 g/mol. The van der Waals surface area contributed by atoms with Crippen LogP contribution in [0, 0.1) is 17.6 Å². The normalized spacial score (nSPS) is 19.0. The molecular weight excluding hydrogens is 343 g/mol. The Morgan fingerprint density at radius 2 is 1.88 bits per heavy atom. The van der Waals surface area contributed by atoms with Crippen LogP contribution in [-0.2, 0) is 6.18 Å². The van der Waals surface area contributed by atoms with Crippen molar-refractivity contribution in [1.29, 1.82) is 0 Å². The summed E-state index contributed by atoms with van der Waals surface area (Å²) in [7, 11) is 0. The fourth-order valence-corrected chi connectivity index (χ4v) is 2.93. The molecule has 0 radical (unpaired) electrons. The molecule has 1 aliphatic heterocycles. The van der Waals surface area contributed by atoms with Gasteiger partial charge in [-0.15, -0.1) is 0 Å². The Kier molecular flexibility index (Phi) is 4.89. The van der Waals surface area contributed by atoms with Gasteiger partial charge < -0.3 is 10.1 Å². The summed E-state index contributed by atoms with van der Waals surface area (Å²) in [6, 6.07) is 8.78. The predicted molar refractivity (Wildman–Crippen MR) is 79.9 cm³/mol. The Bertz CT molecular complexity index is 730. The van der Waals surface area contributed by atoms with Crippen LogP contribution in [0.2, 0.25) is 0 Å². The molecule has 8 heteroatoms. The van der Waals surface area contributed by atoms with Crippen LogP contribution in [0.3, 0.4) is 0 Å². The van der Waals surface area contributed by atoms with Gasteiger partial charge in [-0.05, 0) is 18.5 Å². The van der Waals surface area contributed by atoms with E-state index in [1.807, 2.05) is 0 Å². The number of aromatic nitrogens is 1. The summed E-state index contributed by atoms with van der Waals surface area (Å²) < 4.78 is 71.8. The molecule has 1 fully saturated rings. The third-order valence-electron chi connectivity index (χ3n) is 4.12. The number of alkyl halides is 3. The molecule has 1 aliphatic rings. The molecule has 1 saturated heterocycles. The van der Waals surface area contributed by atoms with E-state index >= 15 is 0 Å². The smallest absolute Gasteiger partial charge is 0.422 e. The highest BCUT2D eigenvalue weighted by Crippen LogP contribution is 2.38. The summed E-state index contributed by atoms with van der Waals surface area (Å²) in [6.07, 6.45) is -4.82. The zero-order valence-corrected chi connectivity index (χ0v) is 13.0. The SMILES string of the molecule is Fc1cnc(OC(c2ccccc2)C2CCNC2)c(F)c1C(F)(F)F. The number of ether oxygens (including phenoxy) is 1. The fraction of sp³-hybridized carbons (Fsp3) is 0.353. The number of hydrogen-bond acceptors (Lipinski definition) is 3. The van der Waals surface area contributed by atoms with Crippen LogP contribution >= 0.6 is 0 Å². The van der Waals surface area contributed by atoms with E-state index in [1.54, 1.807) is 30.3 Å². The Balaban J connectivity index is 1.98. The number of halogens is 5. The van der Waals surface area contributed by atoms with Gasteiger partial charge >= 0.3 is 6.18 Å². The van der Waals surface area contributed by atoms with E-state index in [9.17, 15) is 22.0 Å². The number of nitrogens with zero attached hydrogens (tertiary/aromatic N) is 1. The van der Waals surface area contributed by atoms with Gasteiger partial charge in [0, 0.05) is 12.5 Å². The lowest BCUT2D eigenvalue weighted by atomic mass is 9.95. The quantitative estimate of drug-likeness (QED) is 0.836. The molecule has 0 bridgehead atoms. The molecule has 0 amide bonds. The van der Waals surface area contributed by atoms with Gasteiger partial charge in [0.2, 0.25) is 0 Å². The molecule has 3 rings (SSSR count). The molecule has 0 saturated carbocycles. The second-order valence-electron chi connectivity index (χ2n) is 5.80. The van der Waals surface area contributed by atoms with Crippen molar-refractivity contribution in [1.82, 2.24) is 10.3 Å². The summed E-state index contributed by atoms with van der Waals surface area (Å²) in [6.45, 7) is 1.30. The average molecular weight is 358 g/mol. The van der Waals surface area contributed by atoms with Gasteiger partial charge in [0.05, 0.1) is 6.20 Å². The highest BCUT2D eigenvalue weighted by Gasteiger charge is 2.40. The molecule has 0 aliphatic carbocycles. The number of hydrogen-bond donors (Lipinski definition) is 1. The lowest BCUT2D eigenvalue weighted by Gasteiger charge is -2.25. The van der Waals surface area contributed by atoms with Crippen molar-refractivity contribution >= 4 is 0 Å². The molecule has 1 N–H and O–H groups in total. The van der Waals surface area contributed by atoms with Crippen molar-refractivity contribution in [3.8, 4) is 5.88 Å². The van der Waals surface area contributed by atoms with Gasteiger partial charge in [-0.1, -0.05) is 30.3 Å². The lowest BCUT2D eigenvalue weighted by Crippen LogP contribution is -2.23. The molecule has 25 heavy (non-hydrogen) atoms. The molecular formula is C17H15F5N2O. The highest BCUT2D eigenvalue weighted by molar-refractivity contribution is 5.29. The number of benzene rings is 1. The van der Waals surface area contributed by atoms with Gasteiger partial charge in [-0.2, -0.15) is 13.2 Å². The van der Waals surface area contributed by atoms with Crippen LogP contribution in [0.15, 0.2) is 36.5 Å². The van der Waals surface area contributed by atoms with E-state index in [2.05, 4.69) is 10.3 Å². The van der Waals surface area contributed by atoms with Crippen LogP contribution < -0.4 is 10.1 Å². The minimum atomic E-state index is -5.17. The molecule has 2 unspecified atom stereocenters. The molecule has 2 atom stereocenters. The largest absolute Gasteiger partial charge is 0.467 e. The third kappa shape index (κ3) is 3.73. The van der Waals surface area contributed by atoms with Gasteiger partial charge in [0.15, 0.2) is 11.6 Å². The second-order valence-corrected chi connectivity index (χ2v) is 5.80. The minimum absolute atomic E-state index is 0.0667. The molecule has 3 nitrogen and oxygen atoms in total. The van der Waals surface area contributed by atoms with Crippen LogP contribution in [0.4, 0.5) is 22.0 Å². The van der Waals surface area contributed by atoms with E-state index in [4.69, 9.17) is 4.74 Å². The number of pyridine rings is 1. The van der Waals surface area contributed by atoms with Crippen LogP contribution in [0.1, 0.15) is 23.7 Å². The van der Waals surface area contributed by atoms with E-state index in [0.717, 1.165) is 6.54 Å². The first-order valence-electron chi connectivity index (χ1n) is 7.71. The maximum absolute atomic E-state index is 14.2. The zero-order valence-electron chi connectivity index (χ0n) is 13.0. The molecule has 1 aromatic carbocycles. The molecule has 1 aromatic heterocycles. The topological polar surface area (TPSA) is 34.1 Å². The fourth-order valence-electron chi connectivity index (χ4n) is 2.93. The maximum Gasteiger partial charge on any atom is 0.422 e. The van der Waals surface area contributed by atoms with Gasteiger partial charge in [-0.3, -0.25) is 0 Å². The van der Waals surface area contributed by atoms with Gasteiger partial charge in [0.25, 0.3) is 5.88 Å². The number of nitrogens with one attached hydrogen (secondary N) is 1. The highest BCUT2D eigenvalue weighted by atomic mass is 19.4. The van der Waals surface area contributed by atoms with Crippen LogP contribution in [0.25, 0.3) is 0 Å². The molecule has 2 aromatic rings. The lowest BCUT2D eigenvalue weighted by molar-refractivity contribution is -0.142. The summed E-state index contributed by atoms with van der Waals surface area (Å²) in [5, 5.41) is 3.13. The Morgan fingerprint density at radius 3 is 2.48 bits per heavy atom. The van der Waals surface area contributed by atoms with Crippen molar-refractivity contribution in [3.63, 3.8) is 0 Å². The van der Waals surface area contributed by atoms with Crippen LogP contribution in [-0.4, -0.2) is 18.1 Å². The standard InChI is InChI=1S/C17H15F5N2O/c18-12-9-24-16(14(19)13(12)17(20,21)22)25-15(11-6-7-23-8-11)10-4-2-1-3-5-10/h1-5,9,11,15,23H,6-8H2. The second kappa shape index (κ2) is 6.95. The summed E-state index contributed by atoms with van der Waals surface area (Å²) in [5.74, 6) is -4.52. The average Bonchev–Trinajstić information content (AvgIpc) is 3.08. The Morgan fingerprint density at radius 1 is 1.16 bits per heavy atom. The minimum Gasteiger partial charge on any atom is -0.467 e. The van der Waals surface area contributed by atoms with E-state index in [1.165, 1.54) is 0 Å². The van der Waals surface area contributed by atoms with E-state index in [0.29, 0.717) is 24.7 Å². The van der Waals surface area contributed by atoms with E-state index in [-0.39, 0.29) is 5.92 Å². The first-order valence-corrected chi connectivity index (χ1v) is 7.71. The summed E-state index contributed by atoms with van der Waals surface area (Å²) in [4.78, 5) is 3.40. The Hall–Kier alpha value is -2.22. The summed E-state index contributed by atoms with van der Waals surface area (Å²) >= 11 is 0. The zero-order chi connectivity index (χ0) is 18.0. The van der Waals surface area contributed by atoms with E-state index < -0.39 is 35.4 Å². The molecule has 2 heterocycles. The van der Waals surface area contributed by atoms with Gasteiger partial charge in [0.1, 0.15) is 11.7 Å². The molecule has 0 spiro atoms. The maximum atomic E-state index is 14.2. The number of rotatable bonds is 4. The molecule has 134 valence electrons. The van der Waals surface area contributed by atoms with Crippen molar-refractivity contribution in [2.45, 2.75) is 18.7 Å². The van der Waals surface area contributed by atoms with Crippen molar-refractivity contribution in [3.05, 3.63) is 59.3 Å². The summed E-state index contributed by atoms with van der Waals surface area (Å²) in [5.41, 5.74) is -1.30. The van der Waals surface area contributed by atoms with Gasteiger partial charge in [-0.25, -0.2) is 13.8 Å². The van der Waals surface area contributed by atoms with Crippen LogP contribution in [0.5, 0.6) is 5.88 Å². The van der Waals surface area contributed by atoms with Crippen molar-refractivity contribution in [2.75, 3.05) is 13.1 Å². The Labute approximate surface area is 140 Å². The van der Waals surface area contributed by atoms with Crippen molar-refractivity contribution < 1.29 is 26.7 Å².